The molecule has 2 heterocycles. The Hall–Kier alpha value is -3.49. The van der Waals surface area contributed by atoms with Crippen LogP contribution < -0.4 is 4.74 Å². The number of rotatable bonds is 4. The minimum Gasteiger partial charge on any atom is -0.508 e. The van der Waals surface area contributed by atoms with Crippen LogP contribution in [0, 0.1) is 0 Å². The van der Waals surface area contributed by atoms with Crippen molar-refractivity contribution in [2.75, 3.05) is 0 Å². The van der Waals surface area contributed by atoms with Crippen molar-refractivity contribution in [1.82, 2.24) is 0 Å². The Labute approximate surface area is 190 Å². The minimum atomic E-state index is -1.94. The van der Waals surface area contributed by atoms with Gasteiger partial charge in [-0.3, -0.25) is 0 Å². The number of aliphatic hydroxyl groups excluding tert-OH is 3. The number of aliphatic carboxylic acids is 1. The average Bonchev–Trinajstić information content (AvgIpc) is 2.77. The number of benzene rings is 2. The Bertz CT molecular complexity index is 1080. The van der Waals surface area contributed by atoms with Crippen molar-refractivity contribution in [3.05, 3.63) is 35.4 Å². The van der Waals surface area contributed by atoms with Crippen LogP contribution in [-0.2, 0) is 20.7 Å². The molecule has 9 N–H and O–H groups in total. The van der Waals surface area contributed by atoms with E-state index < -0.39 is 66.1 Å². The van der Waals surface area contributed by atoms with E-state index in [1.165, 1.54) is 6.07 Å². The number of aliphatic hydroxyl groups is 3. The van der Waals surface area contributed by atoms with Crippen LogP contribution in [0.15, 0.2) is 24.3 Å². The lowest BCUT2D eigenvalue weighted by Crippen LogP contribution is -2.61. The molecule has 4 rings (SSSR count). The van der Waals surface area contributed by atoms with Gasteiger partial charge in [-0.1, -0.05) is 0 Å². The zero-order chi connectivity index (χ0) is 24.9. The van der Waals surface area contributed by atoms with Crippen LogP contribution in [0.25, 0.3) is 0 Å². The number of carboxylic acid groups (broad SMARTS) is 1. The maximum atomic E-state index is 11.4. The molecule has 0 aliphatic carbocycles. The van der Waals surface area contributed by atoms with Gasteiger partial charge in [0.15, 0.2) is 35.7 Å². The van der Waals surface area contributed by atoms with Gasteiger partial charge in [0.2, 0.25) is 0 Å². The van der Waals surface area contributed by atoms with E-state index in [-0.39, 0.29) is 34.8 Å². The number of ether oxygens (including phenoxy) is 3. The van der Waals surface area contributed by atoms with Gasteiger partial charge in [0.1, 0.15) is 41.7 Å². The molecule has 2 aromatic carbocycles. The lowest BCUT2D eigenvalue weighted by molar-refractivity contribution is -0.310. The first-order chi connectivity index (χ1) is 16.0. The molecule has 2 aromatic rings. The molecule has 2 aliphatic heterocycles. The fourth-order valence-electron chi connectivity index (χ4n) is 3.98. The molecule has 13 heteroatoms. The van der Waals surface area contributed by atoms with Gasteiger partial charge in [-0.2, -0.15) is 0 Å². The van der Waals surface area contributed by atoms with Crippen LogP contribution in [0.4, 0.5) is 0 Å². The summed E-state index contributed by atoms with van der Waals surface area (Å²) in [6, 6.07) is 4.36. The normalized spacial score (nSPS) is 30.9. The molecule has 184 valence electrons. The van der Waals surface area contributed by atoms with E-state index in [1.54, 1.807) is 0 Å². The molecule has 34 heavy (non-hydrogen) atoms. The second kappa shape index (κ2) is 8.70. The Morgan fingerprint density at radius 3 is 2.15 bits per heavy atom. The minimum absolute atomic E-state index is 0.0263. The molecular weight excluding hydrogens is 460 g/mol. The Balaban J connectivity index is 1.72. The third-order valence-electron chi connectivity index (χ3n) is 5.71. The molecular formula is C21H22O13. The predicted octanol–water partition coefficient (Wildman–Crippen LogP) is -0.832. The van der Waals surface area contributed by atoms with E-state index in [9.17, 15) is 50.8 Å². The first-order valence-electron chi connectivity index (χ1n) is 10.0. The quantitative estimate of drug-likeness (QED) is 0.243. The molecule has 0 amide bonds. The molecule has 1 fully saturated rings. The Morgan fingerprint density at radius 2 is 1.53 bits per heavy atom. The van der Waals surface area contributed by atoms with Crippen molar-refractivity contribution < 1.29 is 65.0 Å². The van der Waals surface area contributed by atoms with Crippen LogP contribution in [0.5, 0.6) is 34.5 Å². The van der Waals surface area contributed by atoms with Gasteiger partial charge in [-0.15, -0.1) is 0 Å². The van der Waals surface area contributed by atoms with E-state index in [1.807, 2.05) is 0 Å². The highest BCUT2D eigenvalue weighted by Gasteiger charge is 2.49. The van der Waals surface area contributed by atoms with Crippen molar-refractivity contribution in [2.45, 2.75) is 49.3 Å². The summed E-state index contributed by atoms with van der Waals surface area (Å²) in [4.78, 5) is 11.4. The largest absolute Gasteiger partial charge is 0.508 e. The van der Waals surface area contributed by atoms with Crippen LogP contribution in [0.2, 0.25) is 0 Å². The van der Waals surface area contributed by atoms with Crippen LogP contribution in [0.3, 0.4) is 0 Å². The van der Waals surface area contributed by atoms with Crippen LogP contribution >= 0.6 is 0 Å². The topological polar surface area (TPSA) is 227 Å². The van der Waals surface area contributed by atoms with Crippen molar-refractivity contribution in [2.24, 2.45) is 0 Å². The van der Waals surface area contributed by atoms with E-state index in [0.717, 1.165) is 18.2 Å². The van der Waals surface area contributed by atoms with Gasteiger partial charge in [0.05, 0.1) is 0 Å². The summed E-state index contributed by atoms with van der Waals surface area (Å²) in [6.45, 7) is 0. The average molecular weight is 482 g/mol. The van der Waals surface area contributed by atoms with E-state index in [4.69, 9.17) is 14.2 Å². The molecule has 2 aliphatic rings. The number of phenols is 5. The van der Waals surface area contributed by atoms with Gasteiger partial charge in [-0.05, 0) is 12.1 Å². The maximum absolute atomic E-state index is 11.4. The summed E-state index contributed by atoms with van der Waals surface area (Å²) in [5.74, 6) is -4.45. The smallest absolute Gasteiger partial charge is 0.335 e. The fourth-order valence-corrected chi connectivity index (χ4v) is 3.98. The number of fused-ring (bicyclic) bond motifs is 1. The molecule has 7 atom stereocenters. The third kappa shape index (κ3) is 4.10. The van der Waals surface area contributed by atoms with Crippen molar-refractivity contribution >= 4 is 5.97 Å². The van der Waals surface area contributed by atoms with Crippen LogP contribution in [-0.4, -0.2) is 88.7 Å². The van der Waals surface area contributed by atoms with Gasteiger partial charge in [0.25, 0.3) is 0 Å². The summed E-state index contributed by atoms with van der Waals surface area (Å²) in [5.41, 5.74) is 0.235. The van der Waals surface area contributed by atoms with E-state index in [2.05, 4.69) is 0 Å². The van der Waals surface area contributed by atoms with Crippen LogP contribution in [0.1, 0.15) is 17.2 Å². The van der Waals surface area contributed by atoms with Gasteiger partial charge in [0, 0.05) is 29.7 Å². The maximum Gasteiger partial charge on any atom is 0.335 e. The standard InChI is InChI=1S/C21H22O13/c22-7-3-9(23)8-5-13(33-21-17(29)15(27)16(28)19(34-21)20(30)31)18(32-12(8)4-7)6-1-10(24)14(26)11(25)2-6/h1-4,13,15-19,21-29H,5H2,(H,30,31)/t13-,15+,16+,17-,18-,19+,21-/m1/s1. The first-order valence-corrected chi connectivity index (χ1v) is 10.0. The number of carboxylic acids is 1. The third-order valence-corrected chi connectivity index (χ3v) is 5.71. The molecule has 0 aromatic heterocycles. The van der Waals surface area contributed by atoms with Gasteiger partial charge in [-0.25, -0.2) is 4.79 Å². The molecule has 0 unspecified atom stereocenters. The number of aromatic hydroxyl groups is 5. The van der Waals surface area contributed by atoms with E-state index >= 15 is 0 Å². The van der Waals surface area contributed by atoms with Gasteiger partial charge >= 0.3 is 5.97 Å². The number of hydrogen-bond acceptors (Lipinski definition) is 12. The number of hydrogen-bond donors (Lipinski definition) is 9. The molecule has 0 radical (unpaired) electrons. The lowest BCUT2D eigenvalue weighted by atomic mass is 9.93. The summed E-state index contributed by atoms with van der Waals surface area (Å²) in [7, 11) is 0. The molecule has 0 bridgehead atoms. The predicted molar refractivity (Wildman–Crippen MR) is 107 cm³/mol. The highest BCUT2D eigenvalue weighted by molar-refractivity contribution is 5.73. The fraction of sp³-hybridized carbons (Fsp3) is 0.381. The summed E-state index contributed by atoms with van der Waals surface area (Å²) in [6.07, 6.45) is -12.0. The second-order valence-electron chi connectivity index (χ2n) is 8.00. The zero-order valence-electron chi connectivity index (χ0n) is 17.2. The van der Waals surface area contributed by atoms with Crippen molar-refractivity contribution in [3.63, 3.8) is 0 Å². The number of carbonyl (C=O) groups is 1. The first kappa shape index (κ1) is 23.7. The zero-order valence-corrected chi connectivity index (χ0v) is 17.2. The molecule has 0 spiro atoms. The lowest BCUT2D eigenvalue weighted by Gasteiger charge is -2.42. The Morgan fingerprint density at radius 1 is 0.882 bits per heavy atom. The second-order valence-corrected chi connectivity index (χ2v) is 8.00. The van der Waals surface area contributed by atoms with Gasteiger partial charge < -0.3 is 60.2 Å². The molecule has 1 saturated heterocycles. The summed E-state index contributed by atoms with van der Waals surface area (Å²) < 4.78 is 16.7. The van der Waals surface area contributed by atoms with Crippen molar-refractivity contribution in [1.29, 1.82) is 0 Å². The molecule has 0 saturated carbocycles. The Kier molecular flexibility index (Phi) is 6.05. The highest BCUT2D eigenvalue weighted by atomic mass is 16.7. The van der Waals surface area contributed by atoms with Crippen molar-refractivity contribution in [3.8, 4) is 34.5 Å². The number of phenolic OH excluding ortho intramolecular Hbond substituents is 5. The molecule has 13 nitrogen and oxygen atoms in total. The summed E-state index contributed by atoms with van der Waals surface area (Å²) in [5, 5.41) is 89.1. The summed E-state index contributed by atoms with van der Waals surface area (Å²) >= 11 is 0. The monoisotopic (exact) mass is 482 g/mol. The SMILES string of the molecule is O=C(O)[C@H]1O[C@@H](O[C@@H]2Cc3c(O)cc(O)cc3O[C@@H]2c2cc(O)c(O)c(O)c2)[C@H](O)[C@@H](O)[C@@H]1O. The van der Waals surface area contributed by atoms with E-state index in [0.29, 0.717) is 0 Å². The highest BCUT2D eigenvalue weighted by Crippen LogP contribution is 2.46.